The number of rotatable bonds is 26. The number of hydrogen-bond acceptors (Lipinski definition) is 5. The lowest BCUT2D eigenvalue weighted by molar-refractivity contribution is -0.161. The van der Waals surface area contributed by atoms with Crippen LogP contribution in [0.15, 0.2) is 24.3 Å². The maximum atomic E-state index is 12.0. The van der Waals surface area contributed by atoms with Gasteiger partial charge in [0, 0.05) is 12.8 Å². The van der Waals surface area contributed by atoms with Crippen molar-refractivity contribution >= 4 is 11.9 Å². The van der Waals surface area contributed by atoms with Crippen LogP contribution in [0, 0.1) is 0 Å². The van der Waals surface area contributed by atoms with E-state index in [1.807, 2.05) is 0 Å². The first-order valence-electron chi connectivity index (χ1n) is 14.9. The lowest BCUT2D eigenvalue weighted by Gasteiger charge is -2.15. The summed E-state index contributed by atoms with van der Waals surface area (Å²) in [5.74, 6) is -0.614. The van der Waals surface area contributed by atoms with Crippen LogP contribution in [0.2, 0.25) is 0 Å². The lowest BCUT2D eigenvalue weighted by Crippen LogP contribution is -2.28. The highest BCUT2D eigenvalue weighted by Gasteiger charge is 2.16. The molecule has 1 atom stereocenters. The maximum Gasteiger partial charge on any atom is 0.306 e. The van der Waals surface area contributed by atoms with E-state index in [0.29, 0.717) is 12.8 Å². The van der Waals surface area contributed by atoms with Gasteiger partial charge in [0.05, 0.1) is 6.61 Å². The number of hydrogen-bond donors (Lipinski definition) is 1. The minimum atomic E-state index is -0.770. The first-order valence-corrected chi connectivity index (χ1v) is 14.9. The van der Waals surface area contributed by atoms with Crippen LogP contribution in [0.5, 0.6) is 0 Å². The molecule has 0 saturated heterocycles. The van der Waals surface area contributed by atoms with E-state index in [-0.39, 0.29) is 25.2 Å². The summed E-state index contributed by atoms with van der Waals surface area (Å²) < 4.78 is 10.5. The normalized spacial score (nSPS) is 12.4. The third kappa shape index (κ3) is 25.5. The molecule has 0 aromatic carbocycles. The Morgan fingerprint density at radius 1 is 0.639 bits per heavy atom. The van der Waals surface area contributed by atoms with E-state index in [2.05, 4.69) is 38.2 Å². The summed E-state index contributed by atoms with van der Waals surface area (Å²) in [5.41, 5.74) is 0. The molecule has 0 aromatic rings. The second-order valence-electron chi connectivity index (χ2n) is 9.83. The summed E-state index contributed by atoms with van der Waals surface area (Å²) in [6.07, 6.45) is 29.4. The number of unbranched alkanes of at least 4 members (excludes halogenated alkanes) is 14. The minimum absolute atomic E-state index is 0.0693. The van der Waals surface area contributed by atoms with Gasteiger partial charge in [-0.3, -0.25) is 9.59 Å². The van der Waals surface area contributed by atoms with Gasteiger partial charge < -0.3 is 14.6 Å². The number of ether oxygens (including phenoxy) is 2. The number of allylic oxidation sites excluding steroid dienone is 4. The fourth-order valence-electron chi connectivity index (χ4n) is 3.92. The molecule has 0 rings (SSSR count). The summed E-state index contributed by atoms with van der Waals surface area (Å²) in [7, 11) is 0. The summed E-state index contributed by atoms with van der Waals surface area (Å²) in [6, 6.07) is 0. The molecule has 0 radical (unpaired) electrons. The van der Waals surface area contributed by atoms with Crippen LogP contribution in [0.25, 0.3) is 0 Å². The highest BCUT2D eigenvalue weighted by Crippen LogP contribution is 2.11. The van der Waals surface area contributed by atoms with Crippen LogP contribution < -0.4 is 0 Å². The van der Waals surface area contributed by atoms with E-state index in [1.54, 1.807) is 0 Å². The molecule has 0 bridgehead atoms. The van der Waals surface area contributed by atoms with E-state index < -0.39 is 6.10 Å². The van der Waals surface area contributed by atoms with E-state index in [1.165, 1.54) is 64.2 Å². The Balaban J connectivity index is 3.64. The third-order valence-electron chi connectivity index (χ3n) is 6.25. The molecule has 0 spiro atoms. The molecule has 0 aliphatic rings. The molecule has 0 aromatic heterocycles. The summed E-state index contributed by atoms with van der Waals surface area (Å²) in [5, 5.41) is 9.44. The van der Waals surface area contributed by atoms with Gasteiger partial charge in [-0.25, -0.2) is 0 Å². The Morgan fingerprint density at radius 2 is 1.14 bits per heavy atom. The van der Waals surface area contributed by atoms with Crippen LogP contribution in [0.4, 0.5) is 0 Å². The third-order valence-corrected chi connectivity index (χ3v) is 6.25. The predicted molar refractivity (Wildman–Crippen MR) is 150 cm³/mol. The lowest BCUT2D eigenvalue weighted by atomic mass is 10.1. The first-order chi connectivity index (χ1) is 17.6. The largest absolute Gasteiger partial charge is 0.462 e. The van der Waals surface area contributed by atoms with Crippen molar-refractivity contribution in [2.75, 3.05) is 13.2 Å². The maximum absolute atomic E-state index is 12.0. The van der Waals surface area contributed by atoms with Gasteiger partial charge in [-0.1, -0.05) is 115 Å². The summed E-state index contributed by atoms with van der Waals surface area (Å²) in [4.78, 5) is 23.9. The molecule has 5 nitrogen and oxygen atoms in total. The van der Waals surface area contributed by atoms with E-state index in [9.17, 15) is 14.7 Å². The molecule has 0 amide bonds. The predicted octanol–water partition coefficient (Wildman–Crippen LogP) is 8.39. The van der Waals surface area contributed by atoms with E-state index in [4.69, 9.17) is 9.47 Å². The average molecular weight is 509 g/mol. The van der Waals surface area contributed by atoms with Crippen molar-refractivity contribution < 1.29 is 24.2 Å². The topological polar surface area (TPSA) is 72.8 Å². The molecule has 1 N–H and O–H groups in total. The Labute approximate surface area is 222 Å². The smallest absolute Gasteiger partial charge is 0.306 e. The molecule has 1 unspecified atom stereocenters. The summed E-state index contributed by atoms with van der Waals surface area (Å²) in [6.45, 7) is 4.03. The minimum Gasteiger partial charge on any atom is -0.462 e. The highest BCUT2D eigenvalue weighted by molar-refractivity contribution is 5.70. The fraction of sp³-hybridized carbons (Fsp3) is 0.806. The van der Waals surface area contributed by atoms with E-state index >= 15 is 0 Å². The second kappa shape index (κ2) is 28.0. The number of aliphatic hydroxyl groups is 1. The van der Waals surface area contributed by atoms with Gasteiger partial charge in [0.1, 0.15) is 6.61 Å². The molecule has 0 aliphatic carbocycles. The van der Waals surface area contributed by atoms with Gasteiger partial charge in [-0.15, -0.1) is 0 Å². The zero-order valence-electron chi connectivity index (χ0n) is 23.5. The SMILES string of the molecule is CCCC/C=C\C/C=C\CCCCCCCC(=O)OC(CO)COC(=O)CCCCCCCCCC. The Kier molecular flexibility index (Phi) is 26.7. The van der Waals surface area contributed by atoms with Crippen LogP contribution in [-0.2, 0) is 19.1 Å². The molecule has 36 heavy (non-hydrogen) atoms. The molecule has 5 heteroatoms. The highest BCUT2D eigenvalue weighted by atomic mass is 16.6. The van der Waals surface area contributed by atoms with Crippen LogP contribution in [0.1, 0.15) is 142 Å². The van der Waals surface area contributed by atoms with Crippen molar-refractivity contribution in [1.82, 2.24) is 0 Å². The van der Waals surface area contributed by atoms with Crippen molar-refractivity contribution in [2.45, 2.75) is 148 Å². The molecule has 210 valence electrons. The van der Waals surface area contributed by atoms with Crippen molar-refractivity contribution in [2.24, 2.45) is 0 Å². The molecular weight excluding hydrogens is 452 g/mol. The van der Waals surface area contributed by atoms with Gasteiger partial charge in [0.15, 0.2) is 6.10 Å². The van der Waals surface area contributed by atoms with Crippen LogP contribution >= 0.6 is 0 Å². The number of carbonyl (C=O) groups excluding carboxylic acids is 2. The van der Waals surface area contributed by atoms with Gasteiger partial charge in [-0.2, -0.15) is 0 Å². The first kappa shape index (κ1) is 34.4. The monoisotopic (exact) mass is 508 g/mol. The quantitative estimate of drug-likeness (QED) is 0.0721. The Hall–Kier alpha value is -1.62. The molecule has 0 saturated carbocycles. The van der Waals surface area contributed by atoms with Gasteiger partial charge >= 0.3 is 11.9 Å². The van der Waals surface area contributed by atoms with Crippen molar-refractivity contribution in [3.8, 4) is 0 Å². The standard InChI is InChI=1S/C31H56O5/c1-3-5-7-9-11-13-14-15-16-17-18-20-22-24-26-31(34)36-29(27-32)28-35-30(33)25-23-21-19-12-10-8-6-4-2/h9,11,14-15,29,32H,3-8,10,12-13,16-28H2,1-2H3/b11-9-,15-14-. The van der Waals surface area contributed by atoms with E-state index in [0.717, 1.165) is 51.4 Å². The molecule has 0 fully saturated rings. The zero-order valence-corrected chi connectivity index (χ0v) is 23.5. The van der Waals surface area contributed by atoms with Gasteiger partial charge in [0.2, 0.25) is 0 Å². The number of carbonyl (C=O) groups is 2. The zero-order chi connectivity index (χ0) is 26.5. The fourth-order valence-corrected chi connectivity index (χ4v) is 3.92. The van der Waals surface area contributed by atoms with Gasteiger partial charge in [-0.05, 0) is 38.5 Å². The summed E-state index contributed by atoms with van der Waals surface area (Å²) >= 11 is 0. The Bertz CT molecular complexity index is 555. The van der Waals surface area contributed by atoms with Crippen molar-refractivity contribution in [1.29, 1.82) is 0 Å². The number of esters is 2. The van der Waals surface area contributed by atoms with Crippen molar-refractivity contribution in [3.63, 3.8) is 0 Å². The molecular formula is C31H56O5. The van der Waals surface area contributed by atoms with Crippen molar-refractivity contribution in [3.05, 3.63) is 24.3 Å². The van der Waals surface area contributed by atoms with Crippen LogP contribution in [0.3, 0.4) is 0 Å². The van der Waals surface area contributed by atoms with Crippen LogP contribution in [-0.4, -0.2) is 36.4 Å². The van der Waals surface area contributed by atoms with Gasteiger partial charge in [0.25, 0.3) is 0 Å². The Morgan fingerprint density at radius 3 is 1.72 bits per heavy atom. The molecule has 0 heterocycles. The second-order valence-corrected chi connectivity index (χ2v) is 9.83. The molecule has 0 aliphatic heterocycles. The number of aliphatic hydroxyl groups excluding tert-OH is 1. The average Bonchev–Trinajstić information content (AvgIpc) is 2.88.